The Bertz CT molecular complexity index is 1900. The van der Waals surface area contributed by atoms with Crippen molar-refractivity contribution in [1.82, 2.24) is 0 Å². The van der Waals surface area contributed by atoms with Gasteiger partial charge in [0.05, 0.1) is 0 Å². The zero-order chi connectivity index (χ0) is 39.6. The molecule has 0 saturated heterocycles. The van der Waals surface area contributed by atoms with Crippen molar-refractivity contribution in [3.05, 3.63) is 95.1 Å². The van der Waals surface area contributed by atoms with Gasteiger partial charge in [0.25, 0.3) is 0 Å². The first-order valence-electron chi connectivity index (χ1n) is 21.6. The Morgan fingerprint density at radius 3 is 2.00 bits per heavy atom. The molecule has 0 bridgehead atoms. The largest absolute Gasteiger partial charge is 0.488 e. The number of aryl methyl sites for hydroxylation is 1. The van der Waals surface area contributed by atoms with Gasteiger partial charge in [0.1, 0.15) is 11.4 Å². The molecule has 298 valence electrons. The SMILES string of the molecule is COC(OC)C1C2(C)CC(C)C(C)(C3C4(C)CC(C)C(C)(Nc5ccc([C@@H]6c7ccc(OC(C)(C)C)cc7CC[C@@H]6c6ccccc6)cc5)CC34C)CC12C. The van der Waals surface area contributed by atoms with Crippen LogP contribution < -0.4 is 10.1 Å². The normalized spacial score (nSPS) is 41.9. The summed E-state index contributed by atoms with van der Waals surface area (Å²) in [5.74, 6) is 4.11. The summed E-state index contributed by atoms with van der Waals surface area (Å²) in [5.41, 5.74) is 8.22. The summed E-state index contributed by atoms with van der Waals surface area (Å²) in [7, 11) is 3.65. The van der Waals surface area contributed by atoms with Crippen LogP contribution >= 0.6 is 0 Å². The Kier molecular flexibility index (Phi) is 9.11. The number of benzene rings is 3. The molecule has 10 unspecified atom stereocenters. The highest BCUT2D eigenvalue weighted by molar-refractivity contribution is 5.53. The van der Waals surface area contributed by atoms with E-state index < -0.39 is 0 Å². The first-order chi connectivity index (χ1) is 25.8. The molecule has 0 radical (unpaired) electrons. The van der Waals surface area contributed by atoms with Crippen molar-refractivity contribution >= 4 is 5.69 Å². The highest BCUT2D eigenvalue weighted by atomic mass is 16.7. The number of anilines is 1. The highest BCUT2D eigenvalue weighted by Crippen LogP contribution is 2.88. The summed E-state index contributed by atoms with van der Waals surface area (Å²) in [6.07, 6.45) is 7.08. The summed E-state index contributed by atoms with van der Waals surface area (Å²) in [4.78, 5) is 0. The van der Waals surface area contributed by atoms with E-state index in [2.05, 4.69) is 154 Å². The molecule has 4 saturated carbocycles. The number of ether oxygens (including phenoxy) is 3. The van der Waals surface area contributed by atoms with Gasteiger partial charge in [0.2, 0.25) is 0 Å². The minimum absolute atomic E-state index is 0.0178. The lowest BCUT2D eigenvalue weighted by atomic mass is 9.58. The monoisotopic (exact) mass is 746 g/mol. The predicted octanol–water partition coefficient (Wildman–Crippen LogP) is 12.7. The smallest absolute Gasteiger partial charge is 0.160 e. The zero-order valence-electron chi connectivity index (χ0n) is 36.4. The Morgan fingerprint density at radius 2 is 1.36 bits per heavy atom. The average Bonchev–Trinajstić information content (AvgIpc) is 3.82. The van der Waals surface area contributed by atoms with Crippen molar-refractivity contribution in [3.8, 4) is 5.75 Å². The van der Waals surface area contributed by atoms with E-state index in [-0.39, 0.29) is 33.7 Å². The Hall–Kier alpha value is -2.82. The lowest BCUT2D eigenvalue weighted by Gasteiger charge is -2.47. The van der Waals surface area contributed by atoms with Crippen molar-refractivity contribution in [3.63, 3.8) is 0 Å². The van der Waals surface area contributed by atoms with Gasteiger partial charge in [-0.3, -0.25) is 0 Å². The van der Waals surface area contributed by atoms with Gasteiger partial charge in [-0.05, 0) is 163 Å². The van der Waals surface area contributed by atoms with Crippen LogP contribution in [0.15, 0.2) is 72.8 Å². The van der Waals surface area contributed by atoms with E-state index in [1.165, 1.54) is 53.6 Å². The molecule has 8 rings (SSSR count). The first kappa shape index (κ1) is 39.0. The van der Waals surface area contributed by atoms with E-state index in [4.69, 9.17) is 14.2 Å². The molecule has 0 spiro atoms. The summed E-state index contributed by atoms with van der Waals surface area (Å²) in [6.45, 7) is 27.0. The summed E-state index contributed by atoms with van der Waals surface area (Å²) >= 11 is 0. The van der Waals surface area contributed by atoms with Gasteiger partial charge >= 0.3 is 0 Å². The molecule has 5 aliphatic carbocycles. The number of fused-ring (bicyclic) bond motifs is 3. The minimum atomic E-state index is -0.216. The van der Waals surface area contributed by atoms with E-state index in [0.29, 0.717) is 46.3 Å². The molecule has 3 aromatic rings. The molecular weight excluding hydrogens is 675 g/mol. The predicted molar refractivity (Wildman–Crippen MR) is 227 cm³/mol. The molecule has 55 heavy (non-hydrogen) atoms. The van der Waals surface area contributed by atoms with Gasteiger partial charge in [0.15, 0.2) is 6.29 Å². The van der Waals surface area contributed by atoms with Gasteiger partial charge in [-0.15, -0.1) is 0 Å². The average molecular weight is 746 g/mol. The van der Waals surface area contributed by atoms with Crippen LogP contribution in [0.25, 0.3) is 0 Å². The van der Waals surface area contributed by atoms with Crippen LogP contribution in [-0.2, 0) is 15.9 Å². The molecule has 4 fully saturated rings. The molecule has 1 N–H and O–H groups in total. The molecule has 0 heterocycles. The maximum absolute atomic E-state index is 6.32. The Labute approximate surface area is 333 Å². The van der Waals surface area contributed by atoms with Gasteiger partial charge in [-0.2, -0.15) is 0 Å². The van der Waals surface area contributed by atoms with E-state index in [0.717, 1.165) is 18.6 Å². The number of hydrogen-bond acceptors (Lipinski definition) is 4. The third-order valence-corrected chi connectivity index (χ3v) is 17.6. The second-order valence-electron chi connectivity index (χ2n) is 21.8. The van der Waals surface area contributed by atoms with Gasteiger partial charge in [-0.25, -0.2) is 0 Å². The number of methoxy groups -OCH3 is 2. The standard InChI is InChI=1S/C51H71NO3/c1-32-28-47(7)42(43(53-12)54-13)49(47,9)30-46(32,6)44-48(8)29-33(2)51(11,31-50(44,48)10)52-37-22-19-35(20-23-37)41-39(34-17-15-14-16-18-34)25-21-36-27-38(24-26-40(36)41)55-45(3,4)5/h14-20,22-24,26-27,32-33,39,41-44,52H,21,25,28-31H2,1-13H3/t32?,33?,39-,41+,42?,44?,46?,47?,48?,49?,50?,51?/m1/s1. The minimum Gasteiger partial charge on any atom is -0.488 e. The Balaban J connectivity index is 1.04. The number of hydrogen-bond donors (Lipinski definition) is 1. The van der Waals surface area contributed by atoms with Crippen molar-refractivity contribution < 1.29 is 14.2 Å². The molecule has 3 aromatic carbocycles. The molecule has 0 aliphatic heterocycles. The van der Waals surface area contributed by atoms with Crippen molar-refractivity contribution in [2.75, 3.05) is 19.5 Å². The molecular formula is C51H71NO3. The van der Waals surface area contributed by atoms with Gasteiger partial charge < -0.3 is 19.5 Å². The van der Waals surface area contributed by atoms with Crippen LogP contribution in [0.2, 0.25) is 0 Å². The third-order valence-electron chi connectivity index (χ3n) is 17.6. The number of nitrogens with one attached hydrogen (secondary N) is 1. The lowest BCUT2D eigenvalue weighted by Crippen LogP contribution is -2.48. The maximum Gasteiger partial charge on any atom is 0.160 e. The summed E-state index contributed by atoms with van der Waals surface area (Å²) < 4.78 is 18.2. The molecule has 4 nitrogen and oxygen atoms in total. The fourth-order valence-electron chi connectivity index (χ4n) is 14.7. The lowest BCUT2D eigenvalue weighted by molar-refractivity contribution is -0.126. The van der Waals surface area contributed by atoms with E-state index in [1.54, 1.807) is 0 Å². The quantitative estimate of drug-likeness (QED) is 0.221. The molecule has 0 aromatic heterocycles. The van der Waals surface area contributed by atoms with Gasteiger partial charge in [-0.1, -0.05) is 97.0 Å². The van der Waals surface area contributed by atoms with Crippen LogP contribution in [-0.4, -0.2) is 31.6 Å². The third kappa shape index (κ3) is 5.87. The van der Waals surface area contributed by atoms with Crippen LogP contribution in [0, 0.1) is 50.7 Å². The molecule has 5 aliphatic rings. The fraction of sp³-hybridized carbons (Fsp3) is 0.647. The first-order valence-corrected chi connectivity index (χ1v) is 21.6. The van der Waals surface area contributed by atoms with Gasteiger partial charge in [0, 0.05) is 37.3 Å². The zero-order valence-corrected chi connectivity index (χ0v) is 36.4. The topological polar surface area (TPSA) is 39.7 Å². The van der Waals surface area contributed by atoms with Crippen LogP contribution in [0.5, 0.6) is 5.75 Å². The molecule has 0 amide bonds. The number of rotatable bonds is 9. The second-order valence-corrected chi connectivity index (χ2v) is 21.8. The molecule has 4 heteroatoms. The fourth-order valence-corrected chi connectivity index (χ4v) is 14.7. The molecule has 12 atom stereocenters. The highest BCUT2D eigenvalue weighted by Gasteiger charge is 2.84. The van der Waals surface area contributed by atoms with E-state index in [9.17, 15) is 0 Å². The second kappa shape index (κ2) is 12.8. The van der Waals surface area contributed by atoms with E-state index >= 15 is 0 Å². The van der Waals surface area contributed by atoms with Crippen LogP contribution in [0.3, 0.4) is 0 Å². The van der Waals surface area contributed by atoms with Crippen molar-refractivity contribution in [1.29, 1.82) is 0 Å². The van der Waals surface area contributed by atoms with E-state index in [1.807, 2.05) is 14.2 Å². The van der Waals surface area contributed by atoms with Crippen LogP contribution in [0.4, 0.5) is 5.69 Å². The van der Waals surface area contributed by atoms with Crippen molar-refractivity contribution in [2.45, 2.75) is 144 Å². The van der Waals surface area contributed by atoms with Crippen molar-refractivity contribution in [2.24, 2.45) is 50.7 Å². The van der Waals surface area contributed by atoms with Crippen LogP contribution in [0.1, 0.15) is 142 Å². The summed E-state index contributed by atoms with van der Waals surface area (Å²) in [6, 6.07) is 27.6. The Morgan fingerprint density at radius 1 is 0.709 bits per heavy atom. The maximum atomic E-state index is 6.32. The summed E-state index contributed by atoms with van der Waals surface area (Å²) in [5, 5.41) is 4.19.